The fourth-order valence-corrected chi connectivity index (χ4v) is 1.76. The van der Waals surface area contributed by atoms with E-state index in [1.807, 2.05) is 24.3 Å². The Morgan fingerprint density at radius 3 is 2.50 bits per heavy atom. The van der Waals surface area contributed by atoms with Crippen molar-refractivity contribution in [2.24, 2.45) is 10.2 Å². The summed E-state index contributed by atoms with van der Waals surface area (Å²) in [6.45, 7) is 0. The minimum absolute atomic E-state index is 0.277. The highest BCUT2D eigenvalue weighted by atomic mass is 19.1. The Labute approximate surface area is 103 Å². The van der Waals surface area contributed by atoms with E-state index < -0.39 is 0 Å². The van der Waals surface area contributed by atoms with Crippen molar-refractivity contribution in [3.63, 3.8) is 0 Å². The number of rotatable bonds is 2. The number of para-hydroxylation sites is 1. The highest BCUT2D eigenvalue weighted by molar-refractivity contribution is 5.90. The monoisotopic (exact) mass is 239 g/mol. The minimum atomic E-state index is -0.277. The quantitative estimate of drug-likeness (QED) is 0.628. The van der Waals surface area contributed by atoms with E-state index in [4.69, 9.17) is 0 Å². The van der Waals surface area contributed by atoms with Crippen LogP contribution < -0.4 is 0 Å². The second kappa shape index (κ2) is 4.41. The van der Waals surface area contributed by atoms with Crippen LogP contribution in [-0.2, 0) is 0 Å². The number of aromatic amines is 1. The summed E-state index contributed by atoms with van der Waals surface area (Å²) < 4.78 is 12.7. The summed E-state index contributed by atoms with van der Waals surface area (Å²) in [5, 5.41) is 9.26. The van der Waals surface area contributed by atoms with E-state index in [-0.39, 0.29) is 5.82 Å². The lowest BCUT2D eigenvalue weighted by Crippen LogP contribution is -1.69. The van der Waals surface area contributed by atoms with Gasteiger partial charge in [0.15, 0.2) is 0 Å². The zero-order valence-corrected chi connectivity index (χ0v) is 9.47. The summed E-state index contributed by atoms with van der Waals surface area (Å²) in [5.41, 5.74) is 2.42. The number of hydrogen-bond acceptors (Lipinski definition) is 2. The lowest BCUT2D eigenvalue weighted by molar-refractivity contribution is 0.628. The molecule has 0 spiro atoms. The van der Waals surface area contributed by atoms with Gasteiger partial charge < -0.3 is 4.98 Å². The number of nitrogens with one attached hydrogen (secondary N) is 1. The van der Waals surface area contributed by atoms with Gasteiger partial charge in [0.1, 0.15) is 11.5 Å². The molecule has 0 saturated carbocycles. The molecule has 1 aromatic heterocycles. The van der Waals surface area contributed by atoms with E-state index in [1.165, 1.54) is 12.1 Å². The number of aromatic nitrogens is 1. The van der Waals surface area contributed by atoms with Crippen LogP contribution in [0.4, 0.5) is 15.8 Å². The Morgan fingerprint density at radius 2 is 1.67 bits per heavy atom. The van der Waals surface area contributed by atoms with Gasteiger partial charge in [-0.2, -0.15) is 5.11 Å². The SMILES string of the molecule is Fc1ccc(N=Nc2c[nH]c3ccccc23)cc1. The molecule has 4 heteroatoms. The number of H-pyrrole nitrogens is 1. The zero-order valence-electron chi connectivity index (χ0n) is 9.47. The lowest BCUT2D eigenvalue weighted by Gasteiger charge is -1.92. The average molecular weight is 239 g/mol. The molecule has 0 radical (unpaired) electrons. The molecule has 0 aliphatic rings. The first-order chi connectivity index (χ1) is 8.83. The van der Waals surface area contributed by atoms with Crippen LogP contribution >= 0.6 is 0 Å². The minimum Gasteiger partial charge on any atom is -0.359 e. The van der Waals surface area contributed by atoms with Gasteiger partial charge in [0.2, 0.25) is 0 Å². The Morgan fingerprint density at radius 1 is 0.889 bits per heavy atom. The molecule has 3 nitrogen and oxygen atoms in total. The van der Waals surface area contributed by atoms with Gasteiger partial charge in [0.05, 0.1) is 5.69 Å². The van der Waals surface area contributed by atoms with Crippen LogP contribution in [0.5, 0.6) is 0 Å². The van der Waals surface area contributed by atoms with Crippen LogP contribution in [0.3, 0.4) is 0 Å². The Kier molecular flexibility index (Phi) is 2.61. The number of halogens is 1. The third kappa shape index (κ3) is 2.00. The van der Waals surface area contributed by atoms with Crippen molar-refractivity contribution in [1.29, 1.82) is 0 Å². The van der Waals surface area contributed by atoms with Crippen molar-refractivity contribution in [1.82, 2.24) is 4.98 Å². The number of azo groups is 1. The van der Waals surface area contributed by atoms with Crippen LogP contribution in [0.25, 0.3) is 10.9 Å². The number of nitrogens with zero attached hydrogens (tertiary/aromatic N) is 2. The molecule has 88 valence electrons. The van der Waals surface area contributed by atoms with Crippen LogP contribution in [0.2, 0.25) is 0 Å². The first-order valence-electron chi connectivity index (χ1n) is 5.56. The van der Waals surface area contributed by atoms with Gasteiger partial charge in [-0.25, -0.2) is 4.39 Å². The smallest absolute Gasteiger partial charge is 0.123 e. The molecular weight excluding hydrogens is 229 g/mol. The zero-order chi connectivity index (χ0) is 12.4. The first-order valence-corrected chi connectivity index (χ1v) is 5.56. The largest absolute Gasteiger partial charge is 0.359 e. The molecule has 0 aliphatic carbocycles. The topological polar surface area (TPSA) is 40.5 Å². The predicted molar refractivity (Wildman–Crippen MR) is 68.9 cm³/mol. The van der Waals surface area contributed by atoms with Crippen molar-refractivity contribution >= 4 is 22.3 Å². The molecule has 0 saturated heterocycles. The van der Waals surface area contributed by atoms with Crippen LogP contribution in [0.1, 0.15) is 0 Å². The van der Waals surface area contributed by atoms with Gasteiger partial charge in [-0.15, -0.1) is 5.11 Å². The summed E-state index contributed by atoms with van der Waals surface area (Å²) in [7, 11) is 0. The maximum absolute atomic E-state index is 12.7. The second-order valence-electron chi connectivity index (χ2n) is 3.90. The van der Waals surface area contributed by atoms with E-state index >= 15 is 0 Å². The number of fused-ring (bicyclic) bond motifs is 1. The summed E-state index contributed by atoms with van der Waals surface area (Å²) >= 11 is 0. The molecule has 1 N–H and O–H groups in total. The molecular formula is C14H10FN3. The van der Waals surface area contributed by atoms with Crippen LogP contribution in [0.15, 0.2) is 65.0 Å². The summed E-state index contributed by atoms with van der Waals surface area (Å²) in [4.78, 5) is 3.12. The normalized spacial score (nSPS) is 11.4. The summed E-state index contributed by atoms with van der Waals surface area (Å²) in [6, 6.07) is 13.8. The summed E-state index contributed by atoms with van der Waals surface area (Å²) in [6.07, 6.45) is 1.80. The lowest BCUT2D eigenvalue weighted by atomic mass is 10.2. The Balaban J connectivity index is 1.94. The molecule has 0 amide bonds. The van der Waals surface area contributed by atoms with Gasteiger partial charge in [-0.3, -0.25) is 0 Å². The Hall–Kier alpha value is -2.49. The highest BCUT2D eigenvalue weighted by Crippen LogP contribution is 2.27. The second-order valence-corrected chi connectivity index (χ2v) is 3.90. The number of hydrogen-bond donors (Lipinski definition) is 1. The van der Waals surface area contributed by atoms with E-state index in [1.54, 1.807) is 18.3 Å². The molecule has 3 rings (SSSR count). The Bertz CT molecular complexity index is 698. The van der Waals surface area contributed by atoms with Gasteiger partial charge in [0.25, 0.3) is 0 Å². The standard InChI is InChI=1S/C14H10FN3/c15-10-5-7-11(8-6-10)17-18-14-9-16-13-4-2-1-3-12(13)14/h1-9,16H. The van der Waals surface area contributed by atoms with Crippen LogP contribution in [0, 0.1) is 5.82 Å². The molecule has 0 atom stereocenters. The fraction of sp³-hybridized carbons (Fsp3) is 0. The molecule has 2 aromatic carbocycles. The third-order valence-corrected chi connectivity index (χ3v) is 2.67. The van der Waals surface area contributed by atoms with Crippen molar-refractivity contribution < 1.29 is 4.39 Å². The molecule has 0 unspecified atom stereocenters. The molecule has 1 heterocycles. The van der Waals surface area contributed by atoms with E-state index in [0.717, 1.165) is 16.6 Å². The van der Waals surface area contributed by atoms with Gasteiger partial charge in [-0.1, -0.05) is 18.2 Å². The molecule has 0 bridgehead atoms. The highest BCUT2D eigenvalue weighted by Gasteiger charge is 2.00. The van der Waals surface area contributed by atoms with Crippen molar-refractivity contribution in [3.8, 4) is 0 Å². The fourth-order valence-electron chi connectivity index (χ4n) is 1.76. The number of benzene rings is 2. The molecule has 18 heavy (non-hydrogen) atoms. The van der Waals surface area contributed by atoms with E-state index in [0.29, 0.717) is 5.69 Å². The predicted octanol–water partition coefficient (Wildman–Crippen LogP) is 4.72. The first kappa shape index (κ1) is 10.7. The van der Waals surface area contributed by atoms with Crippen molar-refractivity contribution in [3.05, 3.63) is 60.5 Å². The van der Waals surface area contributed by atoms with Gasteiger partial charge in [0, 0.05) is 17.1 Å². The maximum atomic E-state index is 12.7. The van der Waals surface area contributed by atoms with Crippen molar-refractivity contribution in [2.45, 2.75) is 0 Å². The van der Waals surface area contributed by atoms with Crippen LogP contribution in [-0.4, -0.2) is 4.98 Å². The molecule has 0 aliphatic heterocycles. The average Bonchev–Trinajstić information content (AvgIpc) is 2.82. The summed E-state index contributed by atoms with van der Waals surface area (Å²) in [5.74, 6) is -0.277. The van der Waals surface area contributed by atoms with Gasteiger partial charge >= 0.3 is 0 Å². The third-order valence-electron chi connectivity index (χ3n) is 2.67. The molecule has 0 fully saturated rings. The van der Waals surface area contributed by atoms with Crippen molar-refractivity contribution in [2.75, 3.05) is 0 Å². The molecule has 3 aromatic rings. The van der Waals surface area contributed by atoms with E-state index in [9.17, 15) is 4.39 Å². The maximum Gasteiger partial charge on any atom is 0.123 e. The van der Waals surface area contributed by atoms with E-state index in [2.05, 4.69) is 15.2 Å². The van der Waals surface area contributed by atoms with Gasteiger partial charge in [-0.05, 0) is 30.3 Å².